The molecule has 1 N–H and O–H groups in total. The molecule has 0 aliphatic carbocycles. The number of aliphatic hydroxyl groups is 1. The Kier molecular flexibility index (Phi) is 4.89. The van der Waals surface area contributed by atoms with Gasteiger partial charge in [0.2, 0.25) is 0 Å². The number of nitrogens with zero attached hydrogens (tertiary/aromatic N) is 3. The molecule has 0 saturated carbocycles. The average molecular weight is 389 g/mol. The van der Waals surface area contributed by atoms with E-state index in [0.29, 0.717) is 31.3 Å². The van der Waals surface area contributed by atoms with Crippen LogP contribution in [0.4, 0.5) is 13.2 Å². The Morgan fingerprint density at radius 2 is 1.75 bits per heavy atom. The van der Waals surface area contributed by atoms with Crippen molar-refractivity contribution in [2.24, 2.45) is 0 Å². The van der Waals surface area contributed by atoms with Gasteiger partial charge in [-0.1, -0.05) is 30.3 Å². The lowest BCUT2D eigenvalue weighted by Gasteiger charge is -2.38. The fourth-order valence-corrected chi connectivity index (χ4v) is 3.90. The van der Waals surface area contributed by atoms with E-state index in [1.54, 1.807) is 12.1 Å². The van der Waals surface area contributed by atoms with Gasteiger partial charge >= 0.3 is 6.18 Å². The van der Waals surface area contributed by atoms with E-state index in [1.165, 1.54) is 11.8 Å². The molecule has 0 spiro atoms. The third kappa shape index (κ3) is 3.91. The lowest BCUT2D eigenvalue weighted by atomic mass is 9.91. The van der Waals surface area contributed by atoms with Crippen LogP contribution in [0.1, 0.15) is 24.1 Å². The summed E-state index contributed by atoms with van der Waals surface area (Å²) in [5, 5.41) is 11.5. The molecule has 0 amide bonds. The maximum absolute atomic E-state index is 13.5. The third-order valence-corrected chi connectivity index (χ3v) is 5.43. The highest BCUT2D eigenvalue weighted by Gasteiger charge is 2.39. The van der Waals surface area contributed by atoms with Crippen molar-refractivity contribution in [1.82, 2.24) is 14.5 Å². The minimum absolute atomic E-state index is 0.110. The number of hydrogen-bond acceptors (Lipinski definition) is 3. The molecular weight excluding hydrogens is 367 g/mol. The van der Waals surface area contributed by atoms with Gasteiger partial charge in [0.05, 0.1) is 12.1 Å². The van der Waals surface area contributed by atoms with Gasteiger partial charge in [-0.25, -0.2) is 4.98 Å². The predicted molar refractivity (Wildman–Crippen MR) is 101 cm³/mol. The Balaban J connectivity index is 1.52. The summed E-state index contributed by atoms with van der Waals surface area (Å²) in [6.45, 7) is 1.94. The van der Waals surface area contributed by atoms with Crippen LogP contribution in [-0.4, -0.2) is 38.2 Å². The standard InChI is InChI=1S/C21H22F3N3O/c22-21(23,24)18-13-17-7-4-10-25-19(17)27(18)15-20(28)8-11-26(12-9-20)14-16-5-2-1-3-6-16/h1-7,10,13,28H,8-9,11-12,14-15H2. The number of hydrogen-bond donors (Lipinski definition) is 1. The molecule has 0 radical (unpaired) electrons. The summed E-state index contributed by atoms with van der Waals surface area (Å²) in [4.78, 5) is 6.35. The summed E-state index contributed by atoms with van der Waals surface area (Å²) < 4.78 is 41.7. The molecule has 1 saturated heterocycles. The number of halogens is 3. The highest BCUT2D eigenvalue weighted by atomic mass is 19.4. The van der Waals surface area contributed by atoms with Crippen molar-refractivity contribution >= 4 is 11.0 Å². The maximum Gasteiger partial charge on any atom is 0.431 e. The molecule has 1 aliphatic rings. The van der Waals surface area contributed by atoms with Crippen molar-refractivity contribution in [2.45, 2.75) is 37.7 Å². The summed E-state index contributed by atoms with van der Waals surface area (Å²) in [6.07, 6.45) is -2.18. The van der Waals surface area contributed by atoms with E-state index in [4.69, 9.17) is 0 Å². The van der Waals surface area contributed by atoms with Crippen LogP contribution in [0.15, 0.2) is 54.7 Å². The van der Waals surface area contributed by atoms with Crippen molar-refractivity contribution in [2.75, 3.05) is 13.1 Å². The number of piperidine rings is 1. The van der Waals surface area contributed by atoms with E-state index in [-0.39, 0.29) is 12.2 Å². The number of fused-ring (bicyclic) bond motifs is 1. The molecule has 0 atom stereocenters. The van der Waals surface area contributed by atoms with Crippen LogP contribution in [0, 0.1) is 0 Å². The number of benzene rings is 1. The van der Waals surface area contributed by atoms with Crippen LogP contribution < -0.4 is 0 Å². The van der Waals surface area contributed by atoms with Gasteiger partial charge in [-0.3, -0.25) is 4.90 Å². The second-order valence-corrected chi connectivity index (χ2v) is 7.52. The summed E-state index contributed by atoms with van der Waals surface area (Å²) in [7, 11) is 0. The first-order valence-electron chi connectivity index (χ1n) is 9.34. The second-order valence-electron chi connectivity index (χ2n) is 7.52. The van der Waals surface area contributed by atoms with E-state index in [0.717, 1.165) is 17.2 Å². The molecule has 2 aromatic heterocycles. The number of alkyl halides is 3. The molecule has 4 rings (SSSR count). The second kappa shape index (κ2) is 7.22. The highest BCUT2D eigenvalue weighted by molar-refractivity contribution is 5.77. The van der Waals surface area contributed by atoms with E-state index in [2.05, 4.69) is 9.88 Å². The highest BCUT2D eigenvalue weighted by Crippen LogP contribution is 2.36. The van der Waals surface area contributed by atoms with Gasteiger partial charge in [0, 0.05) is 31.2 Å². The lowest BCUT2D eigenvalue weighted by molar-refractivity contribution is -0.145. The van der Waals surface area contributed by atoms with Crippen LogP contribution in [0.25, 0.3) is 11.0 Å². The number of rotatable bonds is 4. The van der Waals surface area contributed by atoms with Crippen LogP contribution in [-0.2, 0) is 19.3 Å². The van der Waals surface area contributed by atoms with Crippen LogP contribution in [0.5, 0.6) is 0 Å². The molecule has 1 fully saturated rings. The fraction of sp³-hybridized carbons (Fsp3) is 0.381. The molecule has 3 aromatic rings. The van der Waals surface area contributed by atoms with Gasteiger partial charge < -0.3 is 9.67 Å². The van der Waals surface area contributed by atoms with Crippen molar-refractivity contribution in [3.05, 3.63) is 66.0 Å². The molecule has 1 aliphatic heterocycles. The summed E-state index contributed by atoms with van der Waals surface area (Å²) in [6, 6.07) is 14.4. The van der Waals surface area contributed by atoms with E-state index >= 15 is 0 Å². The van der Waals surface area contributed by atoms with Crippen molar-refractivity contribution in [1.29, 1.82) is 0 Å². The van der Waals surface area contributed by atoms with Crippen LogP contribution in [0.3, 0.4) is 0 Å². The molecule has 3 heterocycles. The van der Waals surface area contributed by atoms with Gasteiger partial charge in [-0.15, -0.1) is 0 Å². The van der Waals surface area contributed by atoms with Crippen molar-refractivity contribution < 1.29 is 18.3 Å². The lowest BCUT2D eigenvalue weighted by Crippen LogP contribution is -2.46. The summed E-state index contributed by atoms with van der Waals surface area (Å²) >= 11 is 0. The Labute approximate surface area is 161 Å². The third-order valence-electron chi connectivity index (χ3n) is 5.43. The number of aromatic nitrogens is 2. The first-order chi connectivity index (χ1) is 13.3. The molecular formula is C21H22F3N3O. The van der Waals surface area contributed by atoms with Crippen molar-refractivity contribution in [3.63, 3.8) is 0 Å². The molecule has 7 heteroatoms. The van der Waals surface area contributed by atoms with Crippen LogP contribution in [0.2, 0.25) is 0 Å². The first-order valence-corrected chi connectivity index (χ1v) is 9.34. The van der Waals surface area contributed by atoms with Gasteiger partial charge in [0.1, 0.15) is 11.3 Å². The summed E-state index contributed by atoms with van der Waals surface area (Å²) in [5.41, 5.74) is -0.499. The molecule has 4 nitrogen and oxygen atoms in total. The molecule has 0 unspecified atom stereocenters. The summed E-state index contributed by atoms with van der Waals surface area (Å²) in [5.74, 6) is 0. The molecule has 0 bridgehead atoms. The minimum Gasteiger partial charge on any atom is -0.388 e. The smallest absolute Gasteiger partial charge is 0.388 e. The topological polar surface area (TPSA) is 41.3 Å². The zero-order valence-electron chi connectivity index (χ0n) is 15.4. The maximum atomic E-state index is 13.5. The zero-order valence-corrected chi connectivity index (χ0v) is 15.4. The molecule has 1 aromatic carbocycles. The predicted octanol–water partition coefficient (Wildman–Crippen LogP) is 4.08. The SMILES string of the molecule is OC1(Cn2c(C(F)(F)F)cc3cccnc32)CCN(Cc2ccccc2)CC1. The van der Waals surface area contributed by atoms with Gasteiger partial charge in [-0.2, -0.15) is 13.2 Å². The van der Waals surface area contributed by atoms with E-state index in [9.17, 15) is 18.3 Å². The Morgan fingerprint density at radius 1 is 1.04 bits per heavy atom. The zero-order chi connectivity index (χ0) is 19.8. The quantitative estimate of drug-likeness (QED) is 0.731. The normalized spacial score (nSPS) is 17.9. The molecule has 28 heavy (non-hydrogen) atoms. The van der Waals surface area contributed by atoms with E-state index in [1.807, 2.05) is 30.3 Å². The Hall–Kier alpha value is -2.38. The van der Waals surface area contributed by atoms with Gasteiger partial charge in [-0.05, 0) is 36.6 Å². The number of likely N-dealkylation sites (tertiary alicyclic amines) is 1. The van der Waals surface area contributed by atoms with E-state index < -0.39 is 17.5 Å². The monoisotopic (exact) mass is 389 g/mol. The van der Waals surface area contributed by atoms with Gasteiger partial charge in [0.25, 0.3) is 0 Å². The van der Waals surface area contributed by atoms with Gasteiger partial charge in [0.15, 0.2) is 0 Å². The molecule has 148 valence electrons. The first kappa shape index (κ1) is 19.0. The largest absolute Gasteiger partial charge is 0.431 e. The Morgan fingerprint density at radius 3 is 2.43 bits per heavy atom. The average Bonchev–Trinajstić information content (AvgIpc) is 3.03. The number of pyridine rings is 1. The fourth-order valence-electron chi connectivity index (χ4n) is 3.90. The Bertz CT molecular complexity index is 944. The minimum atomic E-state index is -4.49. The van der Waals surface area contributed by atoms with Crippen molar-refractivity contribution in [3.8, 4) is 0 Å². The van der Waals surface area contributed by atoms with Crippen LogP contribution >= 0.6 is 0 Å².